The summed E-state index contributed by atoms with van der Waals surface area (Å²) in [6.07, 6.45) is 1.43. The van der Waals surface area contributed by atoms with Crippen LogP contribution in [0.2, 0.25) is 0 Å². The molecule has 7 heteroatoms. The van der Waals surface area contributed by atoms with Gasteiger partial charge < -0.3 is 14.2 Å². The summed E-state index contributed by atoms with van der Waals surface area (Å²) in [6, 6.07) is 14.6. The minimum absolute atomic E-state index is 0.106. The number of hydrogen-bond donors (Lipinski definition) is 0. The summed E-state index contributed by atoms with van der Waals surface area (Å²) in [6.45, 7) is 2.11. The Hall–Kier alpha value is -3.92. The van der Waals surface area contributed by atoms with Gasteiger partial charge in [-0.1, -0.05) is 18.2 Å². The fraction of sp³-hybridized carbons (Fsp3) is 0.182. The molecule has 0 atom stereocenters. The summed E-state index contributed by atoms with van der Waals surface area (Å²) in [5.74, 6) is 0.278. The van der Waals surface area contributed by atoms with E-state index in [0.717, 1.165) is 22.4 Å². The molecule has 0 amide bonds. The van der Waals surface area contributed by atoms with Crippen LogP contribution in [0.25, 0.3) is 17.1 Å². The Morgan fingerprint density at radius 3 is 2.48 bits per heavy atom. The number of carbonyl (C=O) groups excluding carboxylic acids is 1. The quantitative estimate of drug-likeness (QED) is 0.361. The fourth-order valence-electron chi connectivity index (χ4n) is 2.71. The van der Waals surface area contributed by atoms with Crippen molar-refractivity contribution in [2.24, 2.45) is 0 Å². The maximum atomic E-state index is 11.6. The van der Waals surface area contributed by atoms with E-state index in [1.807, 2.05) is 37.3 Å². The molecule has 7 nitrogen and oxygen atoms in total. The molecule has 0 unspecified atom stereocenters. The Morgan fingerprint density at radius 1 is 1.10 bits per heavy atom. The van der Waals surface area contributed by atoms with Gasteiger partial charge in [0.2, 0.25) is 0 Å². The summed E-state index contributed by atoms with van der Waals surface area (Å²) in [4.78, 5) is 20.7. The number of hydrogen-bond acceptors (Lipinski definition) is 7. The Bertz CT molecular complexity index is 1130. The molecule has 3 rings (SSSR count). The molecule has 0 aliphatic heterocycles. The minimum atomic E-state index is -0.697. The standard InChI is InChI=1S/C22H19N3O4/c1-14-19(25-18-7-5-4-6-17(18)24-14)13-29-20-9-8-15(11-21(20)27-2)10-16(12-23)22(26)28-3/h4-11H,13H2,1-3H3. The first-order valence-electron chi connectivity index (χ1n) is 8.79. The van der Waals surface area contributed by atoms with E-state index >= 15 is 0 Å². The second-order valence-corrected chi connectivity index (χ2v) is 6.10. The third kappa shape index (κ3) is 4.50. The number of nitrogens with zero attached hydrogens (tertiary/aromatic N) is 3. The number of benzene rings is 2. The molecule has 0 aliphatic carbocycles. The van der Waals surface area contributed by atoms with Gasteiger partial charge in [0, 0.05) is 0 Å². The van der Waals surface area contributed by atoms with Gasteiger partial charge in [0.15, 0.2) is 11.5 Å². The van der Waals surface area contributed by atoms with E-state index in [1.54, 1.807) is 18.2 Å². The highest BCUT2D eigenvalue weighted by Crippen LogP contribution is 2.30. The molecule has 3 aromatic rings. The summed E-state index contributed by atoms with van der Waals surface area (Å²) < 4.78 is 15.9. The lowest BCUT2D eigenvalue weighted by Crippen LogP contribution is -2.04. The highest BCUT2D eigenvalue weighted by molar-refractivity contribution is 5.97. The summed E-state index contributed by atoms with van der Waals surface area (Å²) in [5, 5.41) is 9.09. The molecule has 1 heterocycles. The monoisotopic (exact) mass is 389 g/mol. The van der Waals surface area contributed by atoms with Crippen molar-refractivity contribution >= 4 is 23.1 Å². The lowest BCUT2D eigenvalue weighted by molar-refractivity contribution is -0.135. The Morgan fingerprint density at radius 2 is 1.83 bits per heavy atom. The van der Waals surface area contributed by atoms with Crippen LogP contribution in [-0.4, -0.2) is 30.2 Å². The van der Waals surface area contributed by atoms with Gasteiger partial charge in [-0.25, -0.2) is 14.8 Å². The number of ether oxygens (including phenoxy) is 3. The number of carbonyl (C=O) groups is 1. The maximum Gasteiger partial charge on any atom is 0.348 e. The zero-order chi connectivity index (χ0) is 20.8. The number of para-hydroxylation sites is 2. The second kappa shape index (κ2) is 8.85. The highest BCUT2D eigenvalue weighted by Gasteiger charge is 2.12. The van der Waals surface area contributed by atoms with Gasteiger partial charge in [0.25, 0.3) is 0 Å². The average Bonchev–Trinajstić information content (AvgIpc) is 2.75. The van der Waals surface area contributed by atoms with Crippen molar-refractivity contribution in [3.63, 3.8) is 0 Å². The van der Waals surface area contributed by atoms with Crippen molar-refractivity contribution in [3.8, 4) is 17.6 Å². The van der Waals surface area contributed by atoms with Crippen LogP contribution in [0.15, 0.2) is 48.0 Å². The van der Waals surface area contributed by atoms with Gasteiger partial charge in [0.05, 0.1) is 36.6 Å². The smallest absolute Gasteiger partial charge is 0.348 e. The van der Waals surface area contributed by atoms with Crippen LogP contribution >= 0.6 is 0 Å². The molecule has 146 valence electrons. The summed E-state index contributed by atoms with van der Waals surface area (Å²) in [5.41, 5.74) is 3.66. The van der Waals surface area contributed by atoms with Crippen molar-refractivity contribution in [3.05, 3.63) is 65.0 Å². The van der Waals surface area contributed by atoms with E-state index in [0.29, 0.717) is 17.1 Å². The van der Waals surface area contributed by atoms with Crippen LogP contribution in [0.4, 0.5) is 0 Å². The van der Waals surface area contributed by atoms with E-state index in [1.165, 1.54) is 20.3 Å². The molecule has 2 aromatic carbocycles. The van der Waals surface area contributed by atoms with Crippen molar-refractivity contribution in [2.45, 2.75) is 13.5 Å². The van der Waals surface area contributed by atoms with Gasteiger partial charge in [-0.2, -0.15) is 5.26 Å². The number of nitriles is 1. The zero-order valence-electron chi connectivity index (χ0n) is 16.3. The largest absolute Gasteiger partial charge is 0.493 e. The molecule has 0 fully saturated rings. The highest BCUT2D eigenvalue weighted by atomic mass is 16.5. The lowest BCUT2D eigenvalue weighted by Gasteiger charge is -2.12. The molecule has 0 bridgehead atoms. The molecule has 1 aromatic heterocycles. The second-order valence-electron chi connectivity index (χ2n) is 6.10. The SMILES string of the molecule is COC(=O)C(C#N)=Cc1ccc(OCc2nc3ccccc3nc2C)c(OC)c1. The number of methoxy groups -OCH3 is 2. The number of fused-ring (bicyclic) bond motifs is 1. The molecule has 0 saturated heterocycles. The van der Waals surface area contributed by atoms with E-state index in [-0.39, 0.29) is 12.2 Å². The number of rotatable bonds is 6. The molecule has 0 saturated carbocycles. The molecular formula is C22H19N3O4. The molecule has 0 N–H and O–H groups in total. The first-order chi connectivity index (χ1) is 14.0. The van der Waals surface area contributed by atoms with Crippen LogP contribution in [0.3, 0.4) is 0 Å². The van der Waals surface area contributed by atoms with Crippen LogP contribution in [0, 0.1) is 18.3 Å². The summed E-state index contributed by atoms with van der Waals surface area (Å²) >= 11 is 0. The van der Waals surface area contributed by atoms with E-state index in [2.05, 4.69) is 14.7 Å². The Labute approximate surface area is 168 Å². The number of esters is 1. The molecule has 29 heavy (non-hydrogen) atoms. The van der Waals surface area contributed by atoms with Crippen molar-refractivity contribution < 1.29 is 19.0 Å². The molecular weight excluding hydrogens is 370 g/mol. The first kappa shape index (κ1) is 19.8. The minimum Gasteiger partial charge on any atom is -0.493 e. The van der Waals surface area contributed by atoms with E-state index < -0.39 is 5.97 Å². The first-order valence-corrected chi connectivity index (χ1v) is 8.79. The normalized spacial score (nSPS) is 11.0. The van der Waals surface area contributed by atoms with E-state index in [9.17, 15) is 4.79 Å². The van der Waals surface area contributed by atoms with Gasteiger partial charge in [-0.15, -0.1) is 0 Å². The topological polar surface area (TPSA) is 94.3 Å². The molecule has 0 aliphatic rings. The Balaban J connectivity index is 1.83. The lowest BCUT2D eigenvalue weighted by atomic mass is 10.1. The van der Waals surface area contributed by atoms with Crippen molar-refractivity contribution in [1.82, 2.24) is 9.97 Å². The third-order valence-electron chi connectivity index (χ3n) is 4.23. The number of aromatic nitrogens is 2. The Kier molecular flexibility index (Phi) is 6.05. The van der Waals surface area contributed by atoms with Gasteiger partial charge in [-0.05, 0) is 42.8 Å². The summed E-state index contributed by atoms with van der Waals surface area (Å²) in [7, 11) is 2.74. The molecule has 0 spiro atoms. The van der Waals surface area contributed by atoms with Crippen molar-refractivity contribution in [2.75, 3.05) is 14.2 Å². The van der Waals surface area contributed by atoms with Crippen LogP contribution in [0.1, 0.15) is 17.0 Å². The predicted octanol–water partition coefficient (Wildman–Crippen LogP) is 3.61. The van der Waals surface area contributed by atoms with Crippen LogP contribution in [0.5, 0.6) is 11.5 Å². The zero-order valence-corrected chi connectivity index (χ0v) is 16.3. The van der Waals surface area contributed by atoms with Crippen LogP contribution < -0.4 is 9.47 Å². The fourth-order valence-corrected chi connectivity index (χ4v) is 2.71. The van der Waals surface area contributed by atoms with Gasteiger partial charge >= 0.3 is 5.97 Å². The maximum absolute atomic E-state index is 11.6. The number of aryl methyl sites for hydroxylation is 1. The van der Waals surface area contributed by atoms with E-state index in [4.69, 9.17) is 14.7 Å². The third-order valence-corrected chi connectivity index (χ3v) is 4.23. The van der Waals surface area contributed by atoms with Gasteiger partial charge in [-0.3, -0.25) is 0 Å². The van der Waals surface area contributed by atoms with Gasteiger partial charge in [0.1, 0.15) is 18.2 Å². The van der Waals surface area contributed by atoms with Crippen molar-refractivity contribution in [1.29, 1.82) is 5.26 Å². The predicted molar refractivity (Wildman–Crippen MR) is 107 cm³/mol. The average molecular weight is 389 g/mol. The molecule has 0 radical (unpaired) electrons. The van der Waals surface area contributed by atoms with Crippen LogP contribution in [-0.2, 0) is 16.1 Å².